The van der Waals surface area contributed by atoms with Gasteiger partial charge in [-0.2, -0.15) is 4.68 Å². The molecule has 11 nitrogen and oxygen atoms in total. The zero-order chi connectivity index (χ0) is 23.4. The second-order valence-corrected chi connectivity index (χ2v) is 7.79. The number of aromatic nitrogens is 7. The summed E-state index contributed by atoms with van der Waals surface area (Å²) in [5, 5.41) is 2.59. The van der Waals surface area contributed by atoms with Gasteiger partial charge in [-0.25, -0.2) is 42.8 Å². The van der Waals surface area contributed by atoms with Gasteiger partial charge >= 0.3 is 22.8 Å². The number of nitrogens with one attached hydrogen (secondary N) is 1. The average molecular weight is 455 g/mol. The van der Waals surface area contributed by atoms with Crippen LogP contribution in [0.2, 0.25) is 0 Å². The van der Waals surface area contributed by atoms with Gasteiger partial charge in [0, 0.05) is 6.20 Å². The summed E-state index contributed by atoms with van der Waals surface area (Å²) in [6.45, 7) is -0.0768. The monoisotopic (exact) mass is 455 g/mol. The van der Waals surface area contributed by atoms with Crippen molar-refractivity contribution in [2.24, 2.45) is 0 Å². The van der Waals surface area contributed by atoms with Crippen LogP contribution in [0.15, 0.2) is 98.2 Å². The molecular formula is C23H17N7O4. The third kappa shape index (κ3) is 2.73. The van der Waals surface area contributed by atoms with Crippen molar-refractivity contribution in [1.82, 2.24) is 33.3 Å². The second kappa shape index (κ2) is 7.30. The molecule has 0 spiro atoms. The van der Waals surface area contributed by atoms with Crippen molar-refractivity contribution in [1.29, 1.82) is 0 Å². The molecular weight excluding hydrogens is 438 g/mol. The molecule has 0 saturated heterocycles. The van der Waals surface area contributed by atoms with Gasteiger partial charge in [-0.05, 0) is 36.4 Å². The van der Waals surface area contributed by atoms with Crippen molar-refractivity contribution in [3.63, 3.8) is 0 Å². The number of aromatic amines is 1. The largest absolute Gasteiger partial charge is 0.356 e. The summed E-state index contributed by atoms with van der Waals surface area (Å²) >= 11 is 0. The highest BCUT2D eigenvalue weighted by Gasteiger charge is 2.33. The number of fused-ring (bicyclic) bond motifs is 3. The molecule has 0 bridgehead atoms. The van der Waals surface area contributed by atoms with Crippen LogP contribution in [0.1, 0.15) is 11.7 Å². The van der Waals surface area contributed by atoms with Crippen LogP contribution < -0.4 is 22.8 Å². The summed E-state index contributed by atoms with van der Waals surface area (Å²) in [6, 6.07) is 19.6. The van der Waals surface area contributed by atoms with E-state index in [1.807, 2.05) is 0 Å². The van der Waals surface area contributed by atoms with Crippen molar-refractivity contribution in [2.45, 2.75) is 12.6 Å². The second-order valence-electron chi connectivity index (χ2n) is 7.79. The standard InChI is InChI=1S/C23H17N7O4/c31-20-25-29(22(33)27(20)15-8-3-1-4-9-15)18-14-26-21(32)28(16-10-5-2-6-11-16)23(34)30(26)17-12-7-13-24-19(17)18/h1-13,18H,14H2,(H,25,31). The zero-order valence-corrected chi connectivity index (χ0v) is 17.6. The lowest BCUT2D eigenvalue weighted by Crippen LogP contribution is -2.40. The van der Waals surface area contributed by atoms with Crippen molar-refractivity contribution < 1.29 is 0 Å². The predicted octanol–water partition coefficient (Wildman–Crippen LogP) is 0.429. The van der Waals surface area contributed by atoms with Gasteiger partial charge in [0.25, 0.3) is 0 Å². The van der Waals surface area contributed by atoms with Crippen LogP contribution in [0.4, 0.5) is 0 Å². The van der Waals surface area contributed by atoms with E-state index in [9.17, 15) is 19.2 Å². The molecule has 6 rings (SSSR count). The van der Waals surface area contributed by atoms with E-state index in [0.29, 0.717) is 22.8 Å². The number of pyridine rings is 1. The van der Waals surface area contributed by atoms with E-state index in [1.54, 1.807) is 72.8 Å². The lowest BCUT2D eigenvalue weighted by molar-refractivity contribution is 0.358. The Bertz CT molecular complexity index is 1770. The number of rotatable bonds is 3. The van der Waals surface area contributed by atoms with Gasteiger partial charge in [-0.1, -0.05) is 36.4 Å². The van der Waals surface area contributed by atoms with E-state index in [2.05, 4.69) is 10.1 Å². The molecule has 0 aliphatic carbocycles. The molecule has 0 radical (unpaired) electrons. The van der Waals surface area contributed by atoms with Crippen molar-refractivity contribution >= 4 is 0 Å². The minimum absolute atomic E-state index is 0.0768. The van der Waals surface area contributed by atoms with Crippen LogP contribution in [-0.4, -0.2) is 33.3 Å². The molecule has 1 aliphatic heterocycles. The van der Waals surface area contributed by atoms with Crippen LogP contribution in [-0.2, 0) is 6.54 Å². The number of H-pyrrole nitrogens is 1. The number of hydrogen-bond acceptors (Lipinski definition) is 5. The molecule has 1 aliphatic rings. The van der Waals surface area contributed by atoms with Gasteiger partial charge in [-0.15, -0.1) is 0 Å². The molecule has 2 aromatic carbocycles. The molecule has 1 unspecified atom stereocenters. The molecule has 0 saturated carbocycles. The molecule has 0 fully saturated rings. The Hall–Kier alpha value is -4.93. The fourth-order valence-electron chi connectivity index (χ4n) is 4.38. The summed E-state index contributed by atoms with van der Waals surface area (Å²) in [5.74, 6) is 0. The molecule has 34 heavy (non-hydrogen) atoms. The summed E-state index contributed by atoms with van der Waals surface area (Å²) < 4.78 is 5.75. The highest BCUT2D eigenvalue weighted by Crippen LogP contribution is 2.26. The molecule has 5 aromatic rings. The van der Waals surface area contributed by atoms with Crippen LogP contribution in [0.5, 0.6) is 0 Å². The SMILES string of the molecule is O=c1[nH]n(C2Cn3c(=O)n(-c4ccccc4)c(=O)n3-c3cccnc32)c(=O)n1-c1ccccc1. The van der Waals surface area contributed by atoms with Crippen LogP contribution in [0.3, 0.4) is 0 Å². The molecule has 1 N–H and O–H groups in total. The number of nitrogens with zero attached hydrogens (tertiary/aromatic N) is 6. The number of para-hydroxylation sites is 2. The maximum atomic E-state index is 13.3. The predicted molar refractivity (Wildman–Crippen MR) is 122 cm³/mol. The van der Waals surface area contributed by atoms with E-state index in [0.717, 1.165) is 13.8 Å². The van der Waals surface area contributed by atoms with Gasteiger partial charge < -0.3 is 0 Å². The molecule has 11 heteroatoms. The Morgan fingerprint density at radius 1 is 0.735 bits per heavy atom. The Balaban J connectivity index is 1.58. The van der Waals surface area contributed by atoms with Gasteiger partial charge in [-0.3, -0.25) is 4.98 Å². The number of benzene rings is 2. The third-order valence-electron chi connectivity index (χ3n) is 5.89. The molecule has 0 amide bonds. The maximum absolute atomic E-state index is 13.3. The Kier molecular flexibility index (Phi) is 4.24. The third-order valence-corrected chi connectivity index (χ3v) is 5.89. The normalized spacial score (nSPS) is 14.5. The van der Waals surface area contributed by atoms with E-state index in [4.69, 9.17) is 0 Å². The first-order chi connectivity index (χ1) is 16.6. The van der Waals surface area contributed by atoms with Crippen molar-refractivity contribution in [2.75, 3.05) is 0 Å². The van der Waals surface area contributed by atoms with Gasteiger partial charge in [0.1, 0.15) is 6.04 Å². The van der Waals surface area contributed by atoms with Gasteiger partial charge in [0.15, 0.2) is 0 Å². The van der Waals surface area contributed by atoms with E-state index >= 15 is 0 Å². The highest BCUT2D eigenvalue weighted by atomic mass is 16.2. The first-order valence-electron chi connectivity index (χ1n) is 10.5. The van der Waals surface area contributed by atoms with E-state index in [-0.39, 0.29) is 6.54 Å². The van der Waals surface area contributed by atoms with Gasteiger partial charge in [0.2, 0.25) is 0 Å². The first kappa shape index (κ1) is 19.7. The zero-order valence-electron chi connectivity index (χ0n) is 17.6. The molecule has 168 valence electrons. The fraction of sp³-hybridized carbons (Fsp3) is 0.0870. The number of hydrogen-bond donors (Lipinski definition) is 1. The molecule has 1 atom stereocenters. The minimum Gasteiger partial charge on any atom is -0.257 e. The summed E-state index contributed by atoms with van der Waals surface area (Å²) in [7, 11) is 0. The Morgan fingerprint density at radius 2 is 1.38 bits per heavy atom. The summed E-state index contributed by atoms with van der Waals surface area (Å²) in [6.07, 6.45) is 1.54. The quantitative estimate of drug-likeness (QED) is 0.423. The Labute approximate surface area is 190 Å². The van der Waals surface area contributed by atoms with E-state index < -0.39 is 28.8 Å². The minimum atomic E-state index is -0.815. The topological polar surface area (TPSA) is 122 Å². The first-order valence-corrected chi connectivity index (χ1v) is 10.5. The van der Waals surface area contributed by atoms with Crippen molar-refractivity contribution in [3.05, 3.63) is 127 Å². The fourth-order valence-corrected chi connectivity index (χ4v) is 4.38. The van der Waals surface area contributed by atoms with Crippen LogP contribution in [0.25, 0.3) is 17.1 Å². The maximum Gasteiger partial charge on any atom is 0.356 e. The Morgan fingerprint density at radius 3 is 2.06 bits per heavy atom. The molecule has 4 heterocycles. The van der Waals surface area contributed by atoms with Crippen LogP contribution in [0, 0.1) is 0 Å². The van der Waals surface area contributed by atoms with E-state index in [1.165, 1.54) is 15.6 Å². The molecule has 3 aromatic heterocycles. The lowest BCUT2D eigenvalue weighted by atomic mass is 10.1. The van der Waals surface area contributed by atoms with Gasteiger partial charge in [0.05, 0.1) is 29.3 Å². The summed E-state index contributed by atoms with van der Waals surface area (Å²) in [5.41, 5.74) is -0.757. The smallest absolute Gasteiger partial charge is 0.257 e. The average Bonchev–Trinajstić information content (AvgIpc) is 3.31. The lowest BCUT2D eigenvalue weighted by Gasteiger charge is -2.25. The van der Waals surface area contributed by atoms with Crippen LogP contribution >= 0.6 is 0 Å². The highest BCUT2D eigenvalue weighted by molar-refractivity contribution is 5.40. The summed E-state index contributed by atoms with van der Waals surface area (Å²) in [4.78, 5) is 57.0. The van der Waals surface area contributed by atoms with Crippen molar-refractivity contribution in [3.8, 4) is 17.1 Å².